The van der Waals surface area contributed by atoms with Gasteiger partial charge < -0.3 is 5.73 Å². The molecule has 0 spiro atoms. The summed E-state index contributed by atoms with van der Waals surface area (Å²) >= 11 is 0. The van der Waals surface area contributed by atoms with Crippen molar-refractivity contribution < 1.29 is 4.39 Å². The maximum absolute atomic E-state index is 14.1. The molecule has 0 aromatic heterocycles. The van der Waals surface area contributed by atoms with Crippen LogP contribution < -0.4 is 5.73 Å². The fourth-order valence-electron chi connectivity index (χ4n) is 3.61. The van der Waals surface area contributed by atoms with Gasteiger partial charge in [0, 0.05) is 11.6 Å². The van der Waals surface area contributed by atoms with Gasteiger partial charge in [0.05, 0.1) is 0 Å². The molecule has 1 aliphatic rings. The molecular weight excluding hydrogens is 261 g/mol. The van der Waals surface area contributed by atoms with E-state index in [4.69, 9.17) is 5.73 Å². The molecule has 0 bridgehead atoms. The fourth-order valence-corrected chi connectivity index (χ4v) is 3.61. The summed E-state index contributed by atoms with van der Waals surface area (Å²) < 4.78 is 14.1. The number of nitrogens with two attached hydrogens (primary N) is 1. The molecular formula is C19H22FN. The first-order valence-electron chi connectivity index (χ1n) is 7.56. The van der Waals surface area contributed by atoms with Gasteiger partial charge in [0.2, 0.25) is 0 Å². The molecule has 0 radical (unpaired) electrons. The molecule has 0 saturated carbocycles. The second-order valence-electron chi connectivity index (χ2n) is 6.27. The van der Waals surface area contributed by atoms with E-state index in [0.29, 0.717) is 0 Å². The van der Waals surface area contributed by atoms with Crippen LogP contribution in [0.2, 0.25) is 0 Å². The Balaban J connectivity index is 2.34. The van der Waals surface area contributed by atoms with E-state index in [9.17, 15) is 4.39 Å². The lowest BCUT2D eigenvalue weighted by atomic mass is 9.86. The largest absolute Gasteiger partial charge is 0.324 e. The fraction of sp³-hybridized carbons (Fsp3) is 0.368. The highest BCUT2D eigenvalue weighted by molar-refractivity contribution is 5.77. The second-order valence-corrected chi connectivity index (χ2v) is 6.27. The van der Waals surface area contributed by atoms with Gasteiger partial charge in [-0.25, -0.2) is 4.39 Å². The normalized spacial score (nSPS) is 17.1. The van der Waals surface area contributed by atoms with Crippen molar-refractivity contribution in [1.29, 1.82) is 0 Å². The molecule has 1 nitrogen and oxygen atoms in total. The summed E-state index contributed by atoms with van der Waals surface area (Å²) in [6.07, 6.45) is 1.71. The smallest absolute Gasteiger partial charge is 0.128 e. The topological polar surface area (TPSA) is 26.0 Å². The van der Waals surface area contributed by atoms with Crippen LogP contribution in [0.15, 0.2) is 18.2 Å². The summed E-state index contributed by atoms with van der Waals surface area (Å²) in [5.74, 6) is -0.154. The van der Waals surface area contributed by atoms with Crippen LogP contribution in [0.25, 0.3) is 11.1 Å². The lowest BCUT2D eigenvalue weighted by Gasteiger charge is -2.19. The average Bonchev–Trinajstić information content (AvgIpc) is 2.82. The number of benzene rings is 2. The molecule has 0 heterocycles. The Morgan fingerprint density at radius 1 is 1.05 bits per heavy atom. The van der Waals surface area contributed by atoms with Gasteiger partial charge in [-0.2, -0.15) is 0 Å². The predicted molar refractivity (Wildman–Crippen MR) is 86.0 cm³/mol. The zero-order chi connectivity index (χ0) is 15.3. The summed E-state index contributed by atoms with van der Waals surface area (Å²) in [5, 5.41) is 0. The summed E-state index contributed by atoms with van der Waals surface area (Å²) in [4.78, 5) is 0. The quantitative estimate of drug-likeness (QED) is 0.808. The first-order chi connectivity index (χ1) is 9.91. The lowest BCUT2D eigenvalue weighted by Crippen LogP contribution is -2.08. The minimum absolute atomic E-state index is 0.154. The van der Waals surface area contributed by atoms with Crippen molar-refractivity contribution in [2.45, 2.75) is 46.6 Å². The SMILES string of the molecule is Cc1cc(C)c(C)c(-c2ccc(F)c3c2CC[C@H]3N)c1C. The maximum Gasteiger partial charge on any atom is 0.128 e. The summed E-state index contributed by atoms with van der Waals surface area (Å²) in [6.45, 7) is 8.59. The predicted octanol–water partition coefficient (Wildman–Crippen LogP) is 4.67. The molecule has 110 valence electrons. The molecule has 0 aliphatic heterocycles. The van der Waals surface area contributed by atoms with Crippen LogP contribution in [0.5, 0.6) is 0 Å². The van der Waals surface area contributed by atoms with E-state index >= 15 is 0 Å². The van der Waals surface area contributed by atoms with Gasteiger partial charge in [-0.3, -0.25) is 0 Å². The van der Waals surface area contributed by atoms with Crippen LogP contribution in [0.3, 0.4) is 0 Å². The first-order valence-corrected chi connectivity index (χ1v) is 7.56. The van der Waals surface area contributed by atoms with Crippen molar-refractivity contribution in [3.05, 3.63) is 57.4 Å². The van der Waals surface area contributed by atoms with Gasteiger partial charge in [-0.15, -0.1) is 0 Å². The van der Waals surface area contributed by atoms with Crippen molar-refractivity contribution >= 4 is 0 Å². The highest BCUT2D eigenvalue weighted by Crippen LogP contribution is 2.41. The molecule has 3 rings (SSSR count). The molecule has 21 heavy (non-hydrogen) atoms. The lowest BCUT2D eigenvalue weighted by molar-refractivity contribution is 0.589. The maximum atomic E-state index is 14.1. The van der Waals surface area contributed by atoms with Gasteiger partial charge in [0.15, 0.2) is 0 Å². The van der Waals surface area contributed by atoms with Crippen LogP contribution in [0, 0.1) is 33.5 Å². The Hall–Kier alpha value is -1.67. The zero-order valence-corrected chi connectivity index (χ0v) is 13.2. The third-order valence-corrected chi connectivity index (χ3v) is 5.02. The van der Waals surface area contributed by atoms with E-state index in [2.05, 4.69) is 33.8 Å². The molecule has 0 fully saturated rings. The van der Waals surface area contributed by atoms with Crippen molar-refractivity contribution in [2.24, 2.45) is 5.73 Å². The highest BCUT2D eigenvalue weighted by Gasteiger charge is 2.27. The summed E-state index contributed by atoms with van der Waals surface area (Å²) in [6, 6.07) is 5.58. The number of hydrogen-bond donors (Lipinski definition) is 1. The zero-order valence-electron chi connectivity index (χ0n) is 13.2. The molecule has 0 amide bonds. The number of halogens is 1. The summed E-state index contributed by atoms with van der Waals surface area (Å²) in [7, 11) is 0. The number of rotatable bonds is 1. The minimum atomic E-state index is -0.161. The number of fused-ring (bicyclic) bond motifs is 1. The van der Waals surface area contributed by atoms with Gasteiger partial charge in [-0.1, -0.05) is 12.1 Å². The van der Waals surface area contributed by atoms with Gasteiger partial charge in [0.25, 0.3) is 0 Å². The molecule has 1 atom stereocenters. The van der Waals surface area contributed by atoms with Crippen LogP contribution in [0.1, 0.15) is 45.8 Å². The third kappa shape index (κ3) is 2.09. The van der Waals surface area contributed by atoms with Crippen molar-refractivity contribution in [1.82, 2.24) is 0 Å². The van der Waals surface area contributed by atoms with Gasteiger partial charge in [0.1, 0.15) is 5.82 Å². The second kappa shape index (κ2) is 4.96. The van der Waals surface area contributed by atoms with E-state index < -0.39 is 0 Å². The first kappa shape index (κ1) is 14.3. The van der Waals surface area contributed by atoms with Crippen molar-refractivity contribution in [2.75, 3.05) is 0 Å². The Bertz CT molecular complexity index is 705. The molecule has 2 heteroatoms. The standard InChI is InChI=1S/C19H22FN/c1-10-9-11(2)13(4)18(12(10)3)14-5-7-16(20)19-15(14)6-8-17(19)21/h5,7,9,17H,6,8,21H2,1-4H3/t17-/m1/s1. The minimum Gasteiger partial charge on any atom is -0.324 e. The summed E-state index contributed by atoms with van der Waals surface area (Å²) in [5.41, 5.74) is 15.5. The van der Waals surface area contributed by atoms with E-state index in [1.165, 1.54) is 33.4 Å². The third-order valence-electron chi connectivity index (χ3n) is 5.02. The Morgan fingerprint density at radius 2 is 1.67 bits per heavy atom. The van der Waals surface area contributed by atoms with Gasteiger partial charge in [-0.05, 0) is 85.5 Å². The number of hydrogen-bond acceptors (Lipinski definition) is 1. The van der Waals surface area contributed by atoms with Crippen LogP contribution in [0.4, 0.5) is 4.39 Å². The monoisotopic (exact) mass is 283 g/mol. The Kier molecular flexibility index (Phi) is 3.37. The van der Waals surface area contributed by atoms with Crippen LogP contribution in [-0.4, -0.2) is 0 Å². The van der Waals surface area contributed by atoms with Crippen LogP contribution in [-0.2, 0) is 6.42 Å². The number of aryl methyl sites for hydroxylation is 2. The molecule has 2 aromatic carbocycles. The van der Waals surface area contributed by atoms with E-state index in [1.54, 1.807) is 6.07 Å². The van der Waals surface area contributed by atoms with Crippen molar-refractivity contribution in [3.63, 3.8) is 0 Å². The Morgan fingerprint density at radius 3 is 2.29 bits per heavy atom. The van der Waals surface area contributed by atoms with Gasteiger partial charge >= 0.3 is 0 Å². The molecule has 0 saturated heterocycles. The molecule has 2 aromatic rings. The molecule has 1 aliphatic carbocycles. The van der Waals surface area contributed by atoms with E-state index in [-0.39, 0.29) is 11.9 Å². The molecule has 0 unspecified atom stereocenters. The Labute approximate surface area is 126 Å². The average molecular weight is 283 g/mol. The van der Waals surface area contributed by atoms with Crippen LogP contribution >= 0.6 is 0 Å². The van der Waals surface area contributed by atoms with E-state index in [0.717, 1.165) is 24.0 Å². The van der Waals surface area contributed by atoms with E-state index in [1.807, 2.05) is 6.07 Å². The molecule has 2 N–H and O–H groups in total. The van der Waals surface area contributed by atoms with Crippen molar-refractivity contribution in [3.8, 4) is 11.1 Å². The highest BCUT2D eigenvalue weighted by atomic mass is 19.1.